The topological polar surface area (TPSA) is 37.9 Å². The van der Waals surface area contributed by atoms with Gasteiger partial charge < -0.3 is 9.72 Å². The number of nitrogens with zero attached hydrogens (tertiary/aromatic N) is 1. The molecule has 0 aliphatic rings. The summed E-state index contributed by atoms with van der Waals surface area (Å²) < 4.78 is 32.9. The van der Waals surface area contributed by atoms with Crippen molar-refractivity contribution in [1.82, 2.24) is 9.97 Å². The Morgan fingerprint density at radius 1 is 1.15 bits per heavy atom. The molecule has 0 amide bonds. The molecule has 3 rings (SSSR count). The number of halogens is 2. The van der Waals surface area contributed by atoms with E-state index in [-0.39, 0.29) is 17.1 Å². The maximum absolute atomic E-state index is 14.0. The Balaban J connectivity index is 2.23. The summed E-state index contributed by atoms with van der Waals surface area (Å²) >= 11 is 0. The van der Waals surface area contributed by atoms with E-state index in [2.05, 4.69) is 9.97 Å². The van der Waals surface area contributed by atoms with Crippen molar-refractivity contribution in [1.29, 1.82) is 0 Å². The van der Waals surface area contributed by atoms with Crippen LogP contribution < -0.4 is 4.74 Å². The average molecular weight is 274 g/mol. The number of para-hydroxylation sites is 1. The molecular formula is C15H12F2N2O. The van der Waals surface area contributed by atoms with Gasteiger partial charge in [0.1, 0.15) is 23.2 Å². The van der Waals surface area contributed by atoms with E-state index in [0.29, 0.717) is 5.52 Å². The number of fused-ring (bicyclic) bond motifs is 1. The monoisotopic (exact) mass is 274 g/mol. The Morgan fingerprint density at radius 3 is 2.45 bits per heavy atom. The quantitative estimate of drug-likeness (QED) is 0.771. The summed E-state index contributed by atoms with van der Waals surface area (Å²) in [6.07, 6.45) is 0. The predicted octanol–water partition coefficient (Wildman–Crippen LogP) is 3.83. The zero-order chi connectivity index (χ0) is 14.3. The van der Waals surface area contributed by atoms with Gasteiger partial charge in [-0.2, -0.15) is 0 Å². The van der Waals surface area contributed by atoms with Crippen molar-refractivity contribution in [2.75, 3.05) is 7.11 Å². The van der Waals surface area contributed by atoms with Crippen LogP contribution in [0.1, 0.15) is 5.56 Å². The van der Waals surface area contributed by atoms with Crippen molar-refractivity contribution in [3.8, 4) is 17.1 Å². The number of nitrogens with one attached hydrogen (secondary N) is 1. The number of aromatic amines is 1. The van der Waals surface area contributed by atoms with E-state index in [9.17, 15) is 8.78 Å². The smallest absolute Gasteiger partial charge is 0.144 e. The normalized spacial score (nSPS) is 11.0. The van der Waals surface area contributed by atoms with Crippen LogP contribution in [0.2, 0.25) is 0 Å². The van der Waals surface area contributed by atoms with Crippen LogP contribution in [0.4, 0.5) is 8.78 Å². The van der Waals surface area contributed by atoms with Crippen molar-refractivity contribution in [3.05, 3.63) is 47.5 Å². The third-order valence-electron chi connectivity index (χ3n) is 3.20. The van der Waals surface area contributed by atoms with E-state index in [0.717, 1.165) is 23.2 Å². The Kier molecular flexibility index (Phi) is 2.89. The minimum Gasteiger partial charge on any atom is -0.497 e. The molecule has 5 heteroatoms. The number of H-pyrrole nitrogens is 1. The molecule has 0 radical (unpaired) electrons. The molecule has 0 atom stereocenters. The molecule has 3 aromatic rings. The third kappa shape index (κ3) is 1.91. The maximum atomic E-state index is 14.0. The molecular weight excluding hydrogens is 262 g/mol. The van der Waals surface area contributed by atoms with Gasteiger partial charge in [-0.05, 0) is 18.6 Å². The number of rotatable bonds is 2. The standard InChI is InChI=1S/C15H12F2N2O/c1-8-4-3-5-12-14(8)19-15(18-12)13-10(16)6-9(20-2)7-11(13)17/h3-7H,1-2H3,(H,18,19). The summed E-state index contributed by atoms with van der Waals surface area (Å²) in [6.45, 7) is 1.90. The highest BCUT2D eigenvalue weighted by molar-refractivity contribution is 5.82. The average Bonchev–Trinajstić information content (AvgIpc) is 2.82. The second-order valence-electron chi connectivity index (χ2n) is 4.52. The van der Waals surface area contributed by atoms with Gasteiger partial charge in [0, 0.05) is 12.1 Å². The number of benzene rings is 2. The third-order valence-corrected chi connectivity index (χ3v) is 3.20. The van der Waals surface area contributed by atoms with Gasteiger partial charge in [0.25, 0.3) is 0 Å². The number of aryl methyl sites for hydroxylation is 1. The summed E-state index contributed by atoms with van der Waals surface area (Å²) in [7, 11) is 1.36. The van der Waals surface area contributed by atoms with E-state index in [4.69, 9.17) is 4.74 Å². The lowest BCUT2D eigenvalue weighted by Crippen LogP contribution is -1.94. The Labute approximate surface area is 114 Å². The van der Waals surface area contributed by atoms with Crippen LogP contribution in [0.25, 0.3) is 22.4 Å². The summed E-state index contributed by atoms with van der Waals surface area (Å²) in [5, 5.41) is 0. The summed E-state index contributed by atoms with van der Waals surface area (Å²) in [5.41, 5.74) is 2.22. The number of hydrogen-bond donors (Lipinski definition) is 1. The molecule has 20 heavy (non-hydrogen) atoms. The second kappa shape index (κ2) is 4.59. The van der Waals surface area contributed by atoms with E-state index in [1.165, 1.54) is 7.11 Å². The summed E-state index contributed by atoms with van der Waals surface area (Å²) in [5.74, 6) is -1.11. The second-order valence-corrected chi connectivity index (χ2v) is 4.52. The number of imidazole rings is 1. The van der Waals surface area contributed by atoms with Gasteiger partial charge in [-0.25, -0.2) is 13.8 Å². The van der Waals surface area contributed by atoms with E-state index >= 15 is 0 Å². The summed E-state index contributed by atoms with van der Waals surface area (Å²) in [6, 6.07) is 7.85. The first-order valence-electron chi connectivity index (χ1n) is 6.09. The summed E-state index contributed by atoms with van der Waals surface area (Å²) in [4.78, 5) is 7.22. The van der Waals surface area contributed by atoms with E-state index in [1.807, 2.05) is 25.1 Å². The number of methoxy groups -OCH3 is 1. The van der Waals surface area contributed by atoms with Gasteiger partial charge in [0.15, 0.2) is 0 Å². The molecule has 1 aromatic heterocycles. The highest BCUT2D eigenvalue weighted by atomic mass is 19.1. The minimum atomic E-state index is -0.710. The van der Waals surface area contributed by atoms with Crippen LogP contribution in [-0.4, -0.2) is 17.1 Å². The fourth-order valence-electron chi connectivity index (χ4n) is 2.19. The molecule has 0 saturated carbocycles. The fourth-order valence-corrected chi connectivity index (χ4v) is 2.19. The van der Waals surface area contributed by atoms with Crippen LogP contribution >= 0.6 is 0 Å². The van der Waals surface area contributed by atoms with Gasteiger partial charge in [-0.1, -0.05) is 12.1 Å². The van der Waals surface area contributed by atoms with E-state index < -0.39 is 11.6 Å². The lowest BCUT2D eigenvalue weighted by atomic mass is 10.2. The highest BCUT2D eigenvalue weighted by Crippen LogP contribution is 2.29. The first-order valence-corrected chi connectivity index (χ1v) is 6.09. The van der Waals surface area contributed by atoms with Gasteiger partial charge in [0.05, 0.1) is 23.7 Å². The van der Waals surface area contributed by atoms with Gasteiger partial charge in [0.2, 0.25) is 0 Å². The zero-order valence-corrected chi connectivity index (χ0v) is 11.0. The molecule has 2 aromatic carbocycles. The first kappa shape index (κ1) is 12.6. The fraction of sp³-hybridized carbons (Fsp3) is 0.133. The number of aromatic nitrogens is 2. The van der Waals surface area contributed by atoms with Crippen molar-refractivity contribution >= 4 is 11.0 Å². The molecule has 102 valence electrons. The van der Waals surface area contributed by atoms with Crippen molar-refractivity contribution in [2.24, 2.45) is 0 Å². The Hall–Kier alpha value is -2.43. The minimum absolute atomic E-state index is 0.135. The van der Waals surface area contributed by atoms with Gasteiger partial charge >= 0.3 is 0 Å². The molecule has 3 nitrogen and oxygen atoms in total. The van der Waals surface area contributed by atoms with Crippen LogP contribution in [0.3, 0.4) is 0 Å². The van der Waals surface area contributed by atoms with Crippen LogP contribution in [0, 0.1) is 18.6 Å². The molecule has 0 unspecified atom stereocenters. The number of hydrogen-bond acceptors (Lipinski definition) is 2. The lowest BCUT2D eigenvalue weighted by Gasteiger charge is -2.05. The van der Waals surface area contributed by atoms with Crippen LogP contribution in [0.15, 0.2) is 30.3 Å². The highest BCUT2D eigenvalue weighted by Gasteiger charge is 2.17. The van der Waals surface area contributed by atoms with E-state index in [1.54, 1.807) is 0 Å². The largest absolute Gasteiger partial charge is 0.497 e. The molecule has 0 aliphatic carbocycles. The van der Waals surface area contributed by atoms with Crippen molar-refractivity contribution in [3.63, 3.8) is 0 Å². The molecule has 0 spiro atoms. The van der Waals surface area contributed by atoms with Crippen LogP contribution in [0.5, 0.6) is 5.75 Å². The first-order chi connectivity index (χ1) is 9.60. The Bertz CT molecular complexity index is 773. The molecule has 0 fully saturated rings. The van der Waals surface area contributed by atoms with Gasteiger partial charge in [-0.3, -0.25) is 0 Å². The maximum Gasteiger partial charge on any atom is 0.144 e. The molecule has 0 aliphatic heterocycles. The lowest BCUT2D eigenvalue weighted by molar-refractivity contribution is 0.407. The predicted molar refractivity (Wildman–Crippen MR) is 72.7 cm³/mol. The molecule has 1 heterocycles. The van der Waals surface area contributed by atoms with Crippen molar-refractivity contribution in [2.45, 2.75) is 6.92 Å². The number of ether oxygens (including phenoxy) is 1. The van der Waals surface area contributed by atoms with Gasteiger partial charge in [-0.15, -0.1) is 0 Å². The Morgan fingerprint density at radius 2 is 1.85 bits per heavy atom. The molecule has 0 bridgehead atoms. The SMILES string of the molecule is COc1cc(F)c(-c2nc3c(C)cccc3[nH]2)c(F)c1. The molecule has 0 saturated heterocycles. The van der Waals surface area contributed by atoms with Crippen molar-refractivity contribution < 1.29 is 13.5 Å². The van der Waals surface area contributed by atoms with Crippen LogP contribution in [-0.2, 0) is 0 Å². The molecule has 1 N–H and O–H groups in total. The zero-order valence-electron chi connectivity index (χ0n) is 11.0.